The second-order valence-electron chi connectivity index (χ2n) is 3.02. The van der Waals surface area contributed by atoms with E-state index < -0.39 is 0 Å². The van der Waals surface area contributed by atoms with E-state index >= 15 is 0 Å². The summed E-state index contributed by atoms with van der Waals surface area (Å²) in [6, 6.07) is 9.63. The van der Waals surface area contributed by atoms with Crippen LogP contribution >= 0.6 is 0 Å². The van der Waals surface area contributed by atoms with Gasteiger partial charge in [0, 0.05) is 0 Å². The van der Waals surface area contributed by atoms with E-state index in [4.69, 9.17) is 0 Å². The van der Waals surface area contributed by atoms with E-state index in [1.165, 1.54) is 5.01 Å². The van der Waals surface area contributed by atoms with E-state index in [0.717, 1.165) is 12.1 Å². The molecule has 70 valence electrons. The Bertz CT molecular complexity index is 261. The molecule has 1 atom stereocenters. The lowest BCUT2D eigenvalue weighted by Crippen LogP contribution is -2.26. The zero-order chi connectivity index (χ0) is 9.68. The second kappa shape index (κ2) is 4.60. The number of hydrogen-bond acceptors (Lipinski definition) is 2. The van der Waals surface area contributed by atoms with Crippen molar-refractivity contribution < 1.29 is 0 Å². The Morgan fingerprint density at radius 3 is 2.46 bits per heavy atom. The topological polar surface area (TPSA) is 32.7 Å². The second-order valence-corrected chi connectivity index (χ2v) is 3.02. The normalized spacial score (nSPS) is 12.2. The maximum atomic E-state index is 10.6. The van der Waals surface area contributed by atoms with Gasteiger partial charge in [0.25, 0.3) is 0 Å². The van der Waals surface area contributed by atoms with Gasteiger partial charge in [0.15, 0.2) is 0 Å². The Morgan fingerprint density at radius 1 is 1.38 bits per heavy atom. The molecule has 1 unspecified atom stereocenters. The van der Waals surface area contributed by atoms with Crippen molar-refractivity contribution in [1.82, 2.24) is 0 Å². The molecule has 1 aromatic rings. The summed E-state index contributed by atoms with van der Waals surface area (Å²) in [5, 5.41) is 4.51. The first-order valence-corrected chi connectivity index (χ1v) is 4.47. The highest BCUT2D eigenvalue weighted by Crippen LogP contribution is 2.17. The van der Waals surface area contributed by atoms with E-state index in [-0.39, 0.29) is 6.04 Å². The van der Waals surface area contributed by atoms with E-state index in [1.54, 1.807) is 0 Å². The molecule has 0 N–H and O–H groups in total. The van der Waals surface area contributed by atoms with Gasteiger partial charge in [-0.2, -0.15) is 0 Å². The number of rotatable bonds is 4. The largest absolute Gasteiger partial charge is 0.227 e. The Kier molecular flexibility index (Phi) is 3.43. The summed E-state index contributed by atoms with van der Waals surface area (Å²) in [5.41, 5.74) is 0.854. The summed E-state index contributed by atoms with van der Waals surface area (Å²) in [5.74, 6) is 0. The Labute approximate surface area is 78.3 Å². The zero-order valence-electron chi connectivity index (χ0n) is 7.97. The third-order valence-electron chi connectivity index (χ3n) is 2.12. The average Bonchev–Trinajstić information content (AvgIpc) is 2.20. The summed E-state index contributed by atoms with van der Waals surface area (Å²) in [4.78, 5) is 10.6. The molecule has 0 aliphatic rings. The first kappa shape index (κ1) is 9.71. The summed E-state index contributed by atoms with van der Waals surface area (Å²) in [6.45, 7) is 4.01. The molecular formula is C10H14N2O. The number of para-hydroxylation sites is 1. The van der Waals surface area contributed by atoms with Gasteiger partial charge in [-0.25, -0.2) is 5.01 Å². The van der Waals surface area contributed by atoms with Crippen LogP contribution in [0.2, 0.25) is 0 Å². The molecule has 0 aliphatic heterocycles. The van der Waals surface area contributed by atoms with E-state index in [9.17, 15) is 4.91 Å². The van der Waals surface area contributed by atoms with Crippen LogP contribution in [0.25, 0.3) is 0 Å². The maximum Gasteiger partial charge on any atom is 0.0629 e. The highest BCUT2D eigenvalue weighted by atomic mass is 16.3. The molecule has 0 aromatic heterocycles. The summed E-state index contributed by atoms with van der Waals surface area (Å²) >= 11 is 0. The fraction of sp³-hybridized carbons (Fsp3) is 0.400. The fourth-order valence-corrected chi connectivity index (χ4v) is 1.14. The molecule has 0 fully saturated rings. The minimum absolute atomic E-state index is 0.153. The summed E-state index contributed by atoms with van der Waals surface area (Å²) in [7, 11) is 0. The van der Waals surface area contributed by atoms with Crippen LogP contribution < -0.4 is 5.01 Å². The van der Waals surface area contributed by atoms with Crippen molar-refractivity contribution in [2.24, 2.45) is 5.29 Å². The van der Waals surface area contributed by atoms with Gasteiger partial charge in [0.05, 0.1) is 17.0 Å². The van der Waals surface area contributed by atoms with Crippen LogP contribution in [-0.4, -0.2) is 6.04 Å². The number of benzene rings is 1. The van der Waals surface area contributed by atoms with E-state index in [1.807, 2.05) is 44.2 Å². The highest BCUT2D eigenvalue weighted by Gasteiger charge is 2.12. The van der Waals surface area contributed by atoms with Crippen LogP contribution in [0.15, 0.2) is 35.6 Å². The lowest BCUT2D eigenvalue weighted by atomic mass is 10.2. The van der Waals surface area contributed by atoms with Crippen LogP contribution in [0.4, 0.5) is 5.69 Å². The molecule has 0 saturated heterocycles. The van der Waals surface area contributed by atoms with Crippen molar-refractivity contribution in [3.05, 3.63) is 35.2 Å². The van der Waals surface area contributed by atoms with Gasteiger partial charge in [-0.15, -0.1) is 4.91 Å². The molecule has 0 heterocycles. The van der Waals surface area contributed by atoms with Crippen LogP contribution in [0, 0.1) is 4.91 Å². The number of nitroso groups, excluding NO2 is 1. The lowest BCUT2D eigenvalue weighted by molar-refractivity contribution is 0.632. The van der Waals surface area contributed by atoms with Crippen LogP contribution in [0.5, 0.6) is 0 Å². The molecule has 0 saturated carbocycles. The molecule has 0 spiro atoms. The maximum absolute atomic E-state index is 10.6. The third-order valence-corrected chi connectivity index (χ3v) is 2.12. The highest BCUT2D eigenvalue weighted by molar-refractivity contribution is 5.45. The van der Waals surface area contributed by atoms with Gasteiger partial charge in [0.2, 0.25) is 0 Å². The molecule has 0 radical (unpaired) electrons. The summed E-state index contributed by atoms with van der Waals surface area (Å²) in [6.07, 6.45) is 0.903. The monoisotopic (exact) mass is 178 g/mol. The Balaban J connectivity index is 2.84. The van der Waals surface area contributed by atoms with Gasteiger partial charge >= 0.3 is 0 Å². The Morgan fingerprint density at radius 2 is 2.00 bits per heavy atom. The minimum Gasteiger partial charge on any atom is -0.227 e. The van der Waals surface area contributed by atoms with E-state index in [2.05, 4.69) is 5.29 Å². The Hall–Kier alpha value is -1.38. The molecule has 1 aromatic carbocycles. The fourth-order valence-electron chi connectivity index (χ4n) is 1.14. The minimum atomic E-state index is 0.153. The third kappa shape index (κ3) is 2.28. The molecule has 3 heteroatoms. The van der Waals surface area contributed by atoms with Crippen molar-refractivity contribution in [2.75, 3.05) is 5.01 Å². The summed E-state index contributed by atoms with van der Waals surface area (Å²) < 4.78 is 0. The van der Waals surface area contributed by atoms with Crippen LogP contribution in [0.3, 0.4) is 0 Å². The van der Waals surface area contributed by atoms with Crippen LogP contribution in [0.1, 0.15) is 20.3 Å². The van der Waals surface area contributed by atoms with Crippen molar-refractivity contribution in [3.63, 3.8) is 0 Å². The zero-order valence-corrected chi connectivity index (χ0v) is 7.97. The average molecular weight is 178 g/mol. The van der Waals surface area contributed by atoms with Gasteiger partial charge in [-0.3, -0.25) is 0 Å². The molecule has 13 heavy (non-hydrogen) atoms. The first-order chi connectivity index (χ1) is 6.29. The molecule has 1 rings (SSSR count). The SMILES string of the molecule is CCC(C)N(N=O)c1ccccc1. The molecule has 0 aliphatic carbocycles. The van der Waals surface area contributed by atoms with Crippen molar-refractivity contribution >= 4 is 5.69 Å². The van der Waals surface area contributed by atoms with Gasteiger partial charge < -0.3 is 0 Å². The number of nitrogens with zero attached hydrogens (tertiary/aromatic N) is 2. The first-order valence-electron chi connectivity index (χ1n) is 4.47. The van der Waals surface area contributed by atoms with Crippen molar-refractivity contribution in [3.8, 4) is 0 Å². The van der Waals surface area contributed by atoms with Crippen molar-refractivity contribution in [2.45, 2.75) is 26.3 Å². The van der Waals surface area contributed by atoms with E-state index in [0.29, 0.717) is 0 Å². The molecule has 3 nitrogen and oxygen atoms in total. The molecular weight excluding hydrogens is 164 g/mol. The quantitative estimate of drug-likeness (QED) is 0.524. The standard InChI is InChI=1S/C10H14N2O/c1-3-9(2)12(11-13)10-7-5-4-6-8-10/h4-9H,3H2,1-2H3. The number of hydrogen-bond donors (Lipinski definition) is 0. The lowest BCUT2D eigenvalue weighted by Gasteiger charge is -2.21. The predicted octanol–water partition coefficient (Wildman–Crippen LogP) is 2.97. The van der Waals surface area contributed by atoms with Crippen molar-refractivity contribution in [1.29, 1.82) is 0 Å². The predicted molar refractivity (Wildman–Crippen MR) is 54.5 cm³/mol. The number of anilines is 1. The smallest absolute Gasteiger partial charge is 0.0629 e. The van der Waals surface area contributed by atoms with Gasteiger partial charge in [-0.05, 0) is 25.5 Å². The van der Waals surface area contributed by atoms with Gasteiger partial charge in [0.1, 0.15) is 0 Å². The van der Waals surface area contributed by atoms with Crippen LogP contribution in [-0.2, 0) is 0 Å². The van der Waals surface area contributed by atoms with Gasteiger partial charge in [-0.1, -0.05) is 25.1 Å². The molecule has 0 bridgehead atoms. The molecule has 0 amide bonds.